The Bertz CT molecular complexity index is 340. The number of amides is 1. The zero-order valence-corrected chi connectivity index (χ0v) is 11.7. The maximum Gasteiger partial charge on any atom is 0.220 e. The van der Waals surface area contributed by atoms with E-state index in [0.717, 1.165) is 49.1 Å². The average molecular weight is 262 g/mol. The molecule has 4 saturated carbocycles. The van der Waals surface area contributed by atoms with E-state index in [1.807, 2.05) is 0 Å². The average Bonchev–Trinajstić information content (AvgIpc) is 2.78. The molecule has 5 fully saturated rings. The molecule has 19 heavy (non-hydrogen) atoms. The second-order valence-corrected chi connectivity index (χ2v) is 7.63. The van der Waals surface area contributed by atoms with Crippen LogP contribution < -0.4 is 10.6 Å². The molecule has 106 valence electrons. The van der Waals surface area contributed by atoms with E-state index in [1.54, 1.807) is 6.42 Å². The molecule has 1 saturated heterocycles. The fraction of sp³-hybridized carbons (Fsp3) is 0.938. The number of carbonyl (C=O) groups excluding carboxylic acids is 1. The molecule has 1 atom stereocenters. The molecular weight excluding hydrogens is 236 g/mol. The Morgan fingerprint density at radius 1 is 1.00 bits per heavy atom. The third kappa shape index (κ3) is 2.31. The molecule has 0 radical (unpaired) electrons. The molecule has 2 N–H and O–H groups in total. The van der Waals surface area contributed by atoms with Crippen molar-refractivity contribution in [3.63, 3.8) is 0 Å². The van der Waals surface area contributed by atoms with Crippen LogP contribution >= 0.6 is 0 Å². The Morgan fingerprint density at radius 3 is 2.26 bits per heavy atom. The summed E-state index contributed by atoms with van der Waals surface area (Å²) in [6.07, 6.45) is 8.34. The first-order chi connectivity index (χ1) is 9.28. The summed E-state index contributed by atoms with van der Waals surface area (Å²) in [6.45, 7) is 3.12. The van der Waals surface area contributed by atoms with Gasteiger partial charge < -0.3 is 10.6 Å². The first-order valence-corrected chi connectivity index (χ1v) is 8.25. The minimum absolute atomic E-state index is 0.237. The third-order valence-corrected chi connectivity index (χ3v) is 6.30. The molecule has 1 amide bonds. The lowest BCUT2D eigenvalue weighted by Crippen LogP contribution is -2.48. The van der Waals surface area contributed by atoms with Crippen molar-refractivity contribution in [3.8, 4) is 0 Å². The predicted octanol–water partition coefficient (Wildman–Crippen LogP) is 1.78. The van der Waals surface area contributed by atoms with Crippen molar-refractivity contribution in [2.45, 2.75) is 38.5 Å². The summed E-state index contributed by atoms with van der Waals surface area (Å²) in [7, 11) is 0. The molecule has 1 aliphatic heterocycles. The van der Waals surface area contributed by atoms with Crippen molar-refractivity contribution < 1.29 is 4.79 Å². The summed E-state index contributed by atoms with van der Waals surface area (Å²) in [5.74, 6) is 5.91. The number of rotatable bonds is 4. The summed E-state index contributed by atoms with van der Waals surface area (Å²) in [5.41, 5.74) is 0. The van der Waals surface area contributed by atoms with E-state index in [0.29, 0.717) is 5.92 Å². The minimum atomic E-state index is 0.237. The van der Waals surface area contributed by atoms with Gasteiger partial charge in [-0.1, -0.05) is 0 Å². The minimum Gasteiger partial charge on any atom is -0.356 e. The number of nitrogens with one attached hydrogen (secondary N) is 2. The summed E-state index contributed by atoms with van der Waals surface area (Å²) < 4.78 is 0. The molecule has 0 spiro atoms. The summed E-state index contributed by atoms with van der Waals surface area (Å²) >= 11 is 0. The van der Waals surface area contributed by atoms with E-state index in [1.165, 1.54) is 32.2 Å². The topological polar surface area (TPSA) is 41.1 Å². The van der Waals surface area contributed by atoms with Gasteiger partial charge in [-0.3, -0.25) is 4.79 Å². The summed E-state index contributed by atoms with van der Waals surface area (Å²) in [5, 5.41) is 6.61. The van der Waals surface area contributed by atoms with Crippen LogP contribution in [-0.2, 0) is 4.79 Å². The normalized spacial score (nSPS) is 47.7. The summed E-state index contributed by atoms with van der Waals surface area (Å²) in [4.78, 5) is 11.2. The SMILES string of the molecule is O=C1CC(CNCC2C3CC4CC(C3)CC2C4)CN1. The summed E-state index contributed by atoms with van der Waals surface area (Å²) in [6, 6.07) is 0. The van der Waals surface area contributed by atoms with E-state index in [2.05, 4.69) is 10.6 Å². The number of carbonyl (C=O) groups is 1. The van der Waals surface area contributed by atoms with E-state index < -0.39 is 0 Å². The quantitative estimate of drug-likeness (QED) is 0.811. The fourth-order valence-corrected chi connectivity index (χ4v) is 5.63. The van der Waals surface area contributed by atoms with Gasteiger partial charge in [0.05, 0.1) is 0 Å². The molecule has 5 aliphatic rings. The van der Waals surface area contributed by atoms with Gasteiger partial charge in [-0.05, 0) is 74.2 Å². The van der Waals surface area contributed by atoms with Crippen molar-refractivity contribution in [2.24, 2.45) is 35.5 Å². The van der Waals surface area contributed by atoms with Gasteiger partial charge in [-0.25, -0.2) is 0 Å². The van der Waals surface area contributed by atoms with Crippen LogP contribution in [0.2, 0.25) is 0 Å². The molecule has 0 aromatic rings. The Labute approximate surface area is 115 Å². The first kappa shape index (κ1) is 12.2. The van der Waals surface area contributed by atoms with Crippen LogP contribution in [0.25, 0.3) is 0 Å². The van der Waals surface area contributed by atoms with Crippen LogP contribution in [0.3, 0.4) is 0 Å². The Kier molecular flexibility index (Phi) is 3.06. The number of hydrogen-bond acceptors (Lipinski definition) is 2. The molecule has 4 aliphatic carbocycles. The van der Waals surface area contributed by atoms with Crippen molar-refractivity contribution >= 4 is 5.91 Å². The predicted molar refractivity (Wildman–Crippen MR) is 74.5 cm³/mol. The van der Waals surface area contributed by atoms with E-state index in [-0.39, 0.29) is 5.91 Å². The smallest absolute Gasteiger partial charge is 0.220 e. The highest BCUT2D eigenvalue weighted by molar-refractivity contribution is 5.78. The van der Waals surface area contributed by atoms with Gasteiger partial charge in [-0.2, -0.15) is 0 Å². The Balaban J connectivity index is 1.28. The highest BCUT2D eigenvalue weighted by Crippen LogP contribution is 2.56. The van der Waals surface area contributed by atoms with Gasteiger partial charge in [0.25, 0.3) is 0 Å². The molecule has 1 heterocycles. The van der Waals surface area contributed by atoms with Crippen LogP contribution in [0.5, 0.6) is 0 Å². The van der Waals surface area contributed by atoms with Crippen LogP contribution in [0, 0.1) is 35.5 Å². The molecule has 3 heteroatoms. The van der Waals surface area contributed by atoms with Crippen molar-refractivity contribution in [3.05, 3.63) is 0 Å². The number of hydrogen-bond donors (Lipinski definition) is 2. The molecule has 4 bridgehead atoms. The van der Waals surface area contributed by atoms with Gasteiger partial charge in [0.1, 0.15) is 0 Å². The monoisotopic (exact) mass is 262 g/mol. The lowest BCUT2D eigenvalue weighted by Gasteiger charge is -2.54. The standard InChI is InChI=1S/C16H26N2O/c19-16-6-12(8-18-16)7-17-9-15-13-2-10-1-11(4-13)5-14(15)3-10/h10-15,17H,1-9H2,(H,18,19). The first-order valence-electron chi connectivity index (χ1n) is 8.25. The molecule has 0 aromatic heterocycles. The maximum absolute atomic E-state index is 11.2. The van der Waals surface area contributed by atoms with Crippen LogP contribution in [-0.4, -0.2) is 25.5 Å². The Morgan fingerprint density at radius 2 is 1.68 bits per heavy atom. The van der Waals surface area contributed by atoms with Gasteiger partial charge in [0.2, 0.25) is 5.91 Å². The molecule has 1 unspecified atom stereocenters. The molecule has 0 aromatic carbocycles. The third-order valence-electron chi connectivity index (χ3n) is 6.30. The molecule has 5 rings (SSSR count). The lowest BCUT2D eigenvalue weighted by atomic mass is 9.52. The van der Waals surface area contributed by atoms with Crippen molar-refractivity contribution in [2.75, 3.05) is 19.6 Å². The molecular formula is C16H26N2O. The van der Waals surface area contributed by atoms with E-state index in [4.69, 9.17) is 0 Å². The second-order valence-electron chi connectivity index (χ2n) is 7.63. The zero-order valence-electron chi connectivity index (χ0n) is 11.7. The van der Waals surface area contributed by atoms with Gasteiger partial charge in [-0.15, -0.1) is 0 Å². The van der Waals surface area contributed by atoms with Crippen LogP contribution in [0.15, 0.2) is 0 Å². The fourth-order valence-electron chi connectivity index (χ4n) is 5.63. The van der Waals surface area contributed by atoms with Gasteiger partial charge in [0, 0.05) is 19.5 Å². The molecule has 3 nitrogen and oxygen atoms in total. The van der Waals surface area contributed by atoms with Gasteiger partial charge >= 0.3 is 0 Å². The van der Waals surface area contributed by atoms with Crippen LogP contribution in [0.4, 0.5) is 0 Å². The van der Waals surface area contributed by atoms with Crippen molar-refractivity contribution in [1.29, 1.82) is 0 Å². The highest BCUT2D eigenvalue weighted by Gasteiger charge is 2.47. The van der Waals surface area contributed by atoms with E-state index >= 15 is 0 Å². The van der Waals surface area contributed by atoms with Crippen molar-refractivity contribution in [1.82, 2.24) is 10.6 Å². The van der Waals surface area contributed by atoms with Gasteiger partial charge in [0.15, 0.2) is 0 Å². The largest absolute Gasteiger partial charge is 0.356 e. The lowest BCUT2D eigenvalue weighted by molar-refractivity contribution is -0.119. The highest BCUT2D eigenvalue weighted by atomic mass is 16.1. The zero-order chi connectivity index (χ0) is 12.8. The van der Waals surface area contributed by atoms with E-state index in [9.17, 15) is 4.79 Å². The van der Waals surface area contributed by atoms with Crippen LogP contribution in [0.1, 0.15) is 38.5 Å². The maximum atomic E-state index is 11.2. The second kappa shape index (κ2) is 4.76. The Hall–Kier alpha value is -0.570.